The Morgan fingerprint density at radius 1 is 1.18 bits per heavy atom. The lowest BCUT2D eigenvalue weighted by Gasteiger charge is -2.00. The second kappa shape index (κ2) is 5.74. The van der Waals surface area contributed by atoms with E-state index in [0.29, 0.717) is 0 Å². The van der Waals surface area contributed by atoms with E-state index < -0.39 is 0 Å². The number of ether oxygens (including phenoxy) is 1. The maximum Gasteiger partial charge on any atom is 0.121 e. The van der Waals surface area contributed by atoms with E-state index in [4.69, 9.17) is 9.84 Å². The quantitative estimate of drug-likeness (QED) is 0.666. The van der Waals surface area contributed by atoms with Crippen molar-refractivity contribution in [2.24, 2.45) is 0 Å². The topological polar surface area (TPSA) is 29.5 Å². The third kappa shape index (κ3) is 3.05. The van der Waals surface area contributed by atoms with Crippen LogP contribution in [0.2, 0.25) is 0 Å². The summed E-state index contributed by atoms with van der Waals surface area (Å²) in [4.78, 5) is 0. The highest BCUT2D eigenvalue weighted by atomic mass is 16.5. The van der Waals surface area contributed by atoms with E-state index in [1.165, 1.54) is 5.56 Å². The molecule has 1 N–H and O–H groups in total. The van der Waals surface area contributed by atoms with Crippen LogP contribution in [0.15, 0.2) is 24.3 Å². The van der Waals surface area contributed by atoms with Gasteiger partial charge in [0.25, 0.3) is 0 Å². The molecule has 1 aromatic carbocycles. The first-order chi connectivity index (χ1) is 5.34. The summed E-state index contributed by atoms with van der Waals surface area (Å²) in [5, 5.41) is 7.00. The molecule has 0 radical (unpaired) electrons. The molecule has 0 heterocycles. The predicted octanol–water partition coefficient (Wildman–Crippen LogP) is 1.61. The third-order valence-corrected chi connectivity index (χ3v) is 1.31. The summed E-state index contributed by atoms with van der Waals surface area (Å²) in [6, 6.07) is 7.94. The minimum absolute atomic E-state index is 0.956. The largest absolute Gasteiger partial charge is 0.496 e. The lowest BCUT2D eigenvalue weighted by molar-refractivity contribution is 0.399. The van der Waals surface area contributed by atoms with E-state index >= 15 is 0 Å². The molecular formula is C9H14O2. The molecule has 0 aliphatic carbocycles. The maximum absolute atomic E-state index is 7.00. The summed E-state index contributed by atoms with van der Waals surface area (Å²) in [6.45, 7) is 2.03. The molecule has 62 valence electrons. The van der Waals surface area contributed by atoms with Gasteiger partial charge in [-0.25, -0.2) is 0 Å². The zero-order chi connectivity index (χ0) is 8.69. The molecule has 0 saturated carbocycles. The molecule has 11 heavy (non-hydrogen) atoms. The molecule has 0 unspecified atom stereocenters. The van der Waals surface area contributed by atoms with Gasteiger partial charge in [0, 0.05) is 7.11 Å². The van der Waals surface area contributed by atoms with Gasteiger partial charge in [-0.3, -0.25) is 0 Å². The van der Waals surface area contributed by atoms with Crippen LogP contribution in [0.4, 0.5) is 0 Å². The molecule has 1 rings (SSSR count). The summed E-state index contributed by atoms with van der Waals surface area (Å²) in [6.07, 6.45) is 0. The number of aryl methyl sites for hydroxylation is 1. The molecule has 0 aromatic heterocycles. The molecule has 0 amide bonds. The van der Waals surface area contributed by atoms with Crippen LogP contribution in [0, 0.1) is 6.92 Å². The third-order valence-electron chi connectivity index (χ3n) is 1.31. The minimum Gasteiger partial charge on any atom is -0.496 e. The molecular weight excluding hydrogens is 140 g/mol. The first-order valence-electron chi connectivity index (χ1n) is 3.39. The van der Waals surface area contributed by atoms with E-state index in [1.807, 2.05) is 31.2 Å². The second-order valence-corrected chi connectivity index (χ2v) is 1.97. The van der Waals surface area contributed by atoms with Crippen molar-refractivity contribution in [2.45, 2.75) is 6.92 Å². The van der Waals surface area contributed by atoms with E-state index in [9.17, 15) is 0 Å². The van der Waals surface area contributed by atoms with E-state index in [0.717, 1.165) is 12.9 Å². The van der Waals surface area contributed by atoms with Gasteiger partial charge in [0.1, 0.15) is 5.75 Å². The Hall–Kier alpha value is -1.02. The zero-order valence-electron chi connectivity index (χ0n) is 7.16. The average molecular weight is 154 g/mol. The fourth-order valence-corrected chi connectivity index (χ4v) is 0.785. The summed E-state index contributed by atoms with van der Waals surface area (Å²) in [7, 11) is 2.68. The van der Waals surface area contributed by atoms with Crippen LogP contribution >= 0.6 is 0 Å². The van der Waals surface area contributed by atoms with Crippen LogP contribution in [0.5, 0.6) is 5.75 Å². The normalized spacial score (nSPS) is 8.00. The van der Waals surface area contributed by atoms with Crippen molar-refractivity contribution in [3.63, 3.8) is 0 Å². The van der Waals surface area contributed by atoms with Gasteiger partial charge < -0.3 is 9.84 Å². The number of hydrogen-bond acceptors (Lipinski definition) is 2. The summed E-state index contributed by atoms with van der Waals surface area (Å²) >= 11 is 0. The van der Waals surface area contributed by atoms with Crippen molar-refractivity contribution >= 4 is 0 Å². The van der Waals surface area contributed by atoms with Gasteiger partial charge >= 0.3 is 0 Å². The molecule has 0 aliphatic heterocycles. The average Bonchev–Trinajstić information content (AvgIpc) is 2.09. The minimum atomic E-state index is 0.956. The van der Waals surface area contributed by atoms with Crippen LogP contribution in [0.1, 0.15) is 5.56 Å². The number of hydrogen-bond donors (Lipinski definition) is 1. The van der Waals surface area contributed by atoms with E-state index in [-0.39, 0.29) is 0 Å². The Morgan fingerprint density at radius 2 is 1.73 bits per heavy atom. The van der Waals surface area contributed by atoms with Crippen LogP contribution in [-0.4, -0.2) is 19.3 Å². The summed E-state index contributed by atoms with van der Waals surface area (Å²) in [5.74, 6) is 0.956. The Kier molecular flexibility index (Phi) is 5.21. The van der Waals surface area contributed by atoms with Crippen molar-refractivity contribution in [1.82, 2.24) is 0 Å². The monoisotopic (exact) mass is 154 g/mol. The first kappa shape index (κ1) is 9.98. The molecule has 0 bridgehead atoms. The van der Waals surface area contributed by atoms with Crippen LogP contribution in [0.3, 0.4) is 0 Å². The SMILES string of the molecule is CO.COc1ccccc1C. The van der Waals surface area contributed by atoms with Gasteiger partial charge in [0.15, 0.2) is 0 Å². The lowest BCUT2D eigenvalue weighted by atomic mass is 10.2. The molecule has 2 nitrogen and oxygen atoms in total. The van der Waals surface area contributed by atoms with Crippen molar-refractivity contribution in [3.8, 4) is 5.75 Å². The van der Waals surface area contributed by atoms with Gasteiger partial charge in [0.2, 0.25) is 0 Å². The Bertz CT molecular complexity index is 197. The van der Waals surface area contributed by atoms with Gasteiger partial charge in [-0.1, -0.05) is 18.2 Å². The maximum atomic E-state index is 7.00. The van der Waals surface area contributed by atoms with Crippen molar-refractivity contribution in [3.05, 3.63) is 29.8 Å². The Labute approximate surface area is 67.4 Å². The standard InChI is InChI=1S/C8H10O.CH4O/c1-7-5-3-4-6-8(7)9-2;1-2/h3-6H,1-2H3;2H,1H3. The molecule has 0 atom stereocenters. The molecule has 0 spiro atoms. The number of aliphatic hydroxyl groups is 1. The van der Waals surface area contributed by atoms with Gasteiger partial charge in [0.05, 0.1) is 7.11 Å². The van der Waals surface area contributed by atoms with Crippen molar-refractivity contribution in [1.29, 1.82) is 0 Å². The van der Waals surface area contributed by atoms with Crippen LogP contribution < -0.4 is 4.74 Å². The fraction of sp³-hybridized carbons (Fsp3) is 0.333. The highest BCUT2D eigenvalue weighted by Crippen LogP contribution is 2.14. The number of aliphatic hydroxyl groups excluding tert-OH is 1. The lowest BCUT2D eigenvalue weighted by Crippen LogP contribution is -1.84. The molecule has 0 fully saturated rings. The Morgan fingerprint density at radius 3 is 2.09 bits per heavy atom. The smallest absolute Gasteiger partial charge is 0.121 e. The Balaban J connectivity index is 0.000000461. The summed E-state index contributed by atoms with van der Waals surface area (Å²) < 4.78 is 5.04. The van der Waals surface area contributed by atoms with Gasteiger partial charge in [-0.2, -0.15) is 0 Å². The predicted molar refractivity (Wildman–Crippen MR) is 45.9 cm³/mol. The summed E-state index contributed by atoms with van der Waals surface area (Å²) in [5.41, 5.74) is 1.18. The fourth-order valence-electron chi connectivity index (χ4n) is 0.785. The molecule has 0 saturated heterocycles. The number of para-hydroxylation sites is 1. The van der Waals surface area contributed by atoms with Gasteiger partial charge in [-0.05, 0) is 18.6 Å². The number of rotatable bonds is 1. The molecule has 2 heteroatoms. The number of benzene rings is 1. The van der Waals surface area contributed by atoms with Gasteiger partial charge in [-0.15, -0.1) is 0 Å². The van der Waals surface area contributed by atoms with Crippen molar-refractivity contribution in [2.75, 3.05) is 14.2 Å². The van der Waals surface area contributed by atoms with Crippen LogP contribution in [-0.2, 0) is 0 Å². The number of methoxy groups -OCH3 is 1. The van der Waals surface area contributed by atoms with Crippen LogP contribution in [0.25, 0.3) is 0 Å². The zero-order valence-corrected chi connectivity index (χ0v) is 7.16. The second-order valence-electron chi connectivity index (χ2n) is 1.97. The van der Waals surface area contributed by atoms with E-state index in [2.05, 4.69) is 0 Å². The first-order valence-corrected chi connectivity index (χ1v) is 3.39. The van der Waals surface area contributed by atoms with E-state index in [1.54, 1.807) is 7.11 Å². The molecule has 1 aromatic rings. The van der Waals surface area contributed by atoms with Crippen molar-refractivity contribution < 1.29 is 9.84 Å². The molecule has 0 aliphatic rings. The highest BCUT2D eigenvalue weighted by molar-refractivity contribution is 5.31. The highest BCUT2D eigenvalue weighted by Gasteiger charge is 1.90.